The van der Waals surface area contributed by atoms with Crippen LogP contribution in [0.1, 0.15) is 44.9 Å². The van der Waals surface area contributed by atoms with Crippen molar-refractivity contribution in [1.29, 1.82) is 0 Å². The Balaban J connectivity index is 1.86. The summed E-state index contributed by atoms with van der Waals surface area (Å²) in [7, 11) is 0. The minimum atomic E-state index is 0.390. The predicted molar refractivity (Wildman–Crippen MR) is 60.2 cm³/mol. The predicted octanol–water partition coefficient (Wildman–Crippen LogP) is 2.63. The fourth-order valence-corrected chi connectivity index (χ4v) is 1.94. The number of hydrogen-bond donors (Lipinski definition) is 1. The van der Waals surface area contributed by atoms with Crippen LogP contribution in [0, 0.1) is 0 Å². The first-order valence-corrected chi connectivity index (χ1v) is 5.81. The van der Waals surface area contributed by atoms with Crippen molar-refractivity contribution in [3.8, 4) is 0 Å². The third-order valence-electron chi connectivity index (χ3n) is 2.83. The van der Waals surface area contributed by atoms with Gasteiger partial charge in [-0.1, -0.05) is 12.5 Å². The summed E-state index contributed by atoms with van der Waals surface area (Å²) in [6.07, 6.45) is 10.6. The molecule has 82 valence electrons. The molecule has 1 saturated carbocycles. The van der Waals surface area contributed by atoms with Crippen LogP contribution in [-0.2, 0) is 4.74 Å². The Kier molecular flexibility index (Phi) is 5.88. The summed E-state index contributed by atoms with van der Waals surface area (Å²) in [5, 5.41) is 0. The van der Waals surface area contributed by atoms with Gasteiger partial charge in [-0.2, -0.15) is 0 Å². The van der Waals surface area contributed by atoms with E-state index >= 15 is 0 Å². The normalized spacial score (nSPS) is 26.6. The summed E-state index contributed by atoms with van der Waals surface area (Å²) in [4.78, 5) is 0. The van der Waals surface area contributed by atoms with Gasteiger partial charge in [-0.15, -0.1) is 6.58 Å². The van der Waals surface area contributed by atoms with E-state index in [1.807, 2.05) is 6.08 Å². The van der Waals surface area contributed by atoms with Gasteiger partial charge in [-0.05, 0) is 38.5 Å². The summed E-state index contributed by atoms with van der Waals surface area (Å²) >= 11 is 0. The van der Waals surface area contributed by atoms with E-state index in [2.05, 4.69) is 6.58 Å². The van der Waals surface area contributed by atoms with Crippen LogP contribution in [-0.4, -0.2) is 18.8 Å². The number of hydrogen-bond acceptors (Lipinski definition) is 2. The number of unbranched alkanes of at least 4 members (excludes halogenated alkanes) is 3. The van der Waals surface area contributed by atoms with Gasteiger partial charge in [0.1, 0.15) is 0 Å². The molecular formula is C12H23NO. The van der Waals surface area contributed by atoms with Crippen LogP contribution >= 0.6 is 0 Å². The molecule has 1 fully saturated rings. The first-order chi connectivity index (χ1) is 6.83. The second-order valence-corrected chi connectivity index (χ2v) is 4.20. The third kappa shape index (κ3) is 4.77. The highest BCUT2D eigenvalue weighted by atomic mass is 16.5. The second-order valence-electron chi connectivity index (χ2n) is 4.20. The van der Waals surface area contributed by atoms with Gasteiger partial charge in [0.25, 0.3) is 0 Å². The first kappa shape index (κ1) is 11.7. The summed E-state index contributed by atoms with van der Waals surface area (Å²) in [6, 6.07) is 0.390. The van der Waals surface area contributed by atoms with Crippen molar-refractivity contribution in [3.05, 3.63) is 12.7 Å². The maximum absolute atomic E-state index is 5.80. The van der Waals surface area contributed by atoms with Crippen molar-refractivity contribution in [2.75, 3.05) is 6.61 Å². The minimum Gasteiger partial charge on any atom is -0.378 e. The van der Waals surface area contributed by atoms with Gasteiger partial charge in [0.2, 0.25) is 0 Å². The largest absolute Gasteiger partial charge is 0.378 e. The zero-order valence-electron chi connectivity index (χ0n) is 9.08. The van der Waals surface area contributed by atoms with Crippen LogP contribution in [0.4, 0.5) is 0 Å². The third-order valence-corrected chi connectivity index (χ3v) is 2.83. The van der Waals surface area contributed by atoms with Crippen molar-refractivity contribution in [3.63, 3.8) is 0 Å². The van der Waals surface area contributed by atoms with E-state index in [4.69, 9.17) is 10.5 Å². The van der Waals surface area contributed by atoms with Crippen LogP contribution in [0.2, 0.25) is 0 Å². The number of allylic oxidation sites excluding steroid dienone is 1. The average molecular weight is 197 g/mol. The molecule has 2 nitrogen and oxygen atoms in total. The molecule has 1 aliphatic rings. The lowest BCUT2D eigenvalue weighted by molar-refractivity contribution is 0.0549. The molecule has 1 aliphatic carbocycles. The molecule has 0 radical (unpaired) electrons. The van der Waals surface area contributed by atoms with Crippen molar-refractivity contribution >= 4 is 0 Å². The molecule has 0 bridgehead atoms. The van der Waals surface area contributed by atoms with Crippen molar-refractivity contribution in [1.82, 2.24) is 0 Å². The number of nitrogens with two attached hydrogens (primary N) is 1. The van der Waals surface area contributed by atoms with E-state index < -0.39 is 0 Å². The Morgan fingerprint density at radius 3 is 2.79 bits per heavy atom. The average Bonchev–Trinajstić information content (AvgIpc) is 2.58. The fraction of sp³-hybridized carbons (Fsp3) is 0.833. The molecule has 14 heavy (non-hydrogen) atoms. The Morgan fingerprint density at radius 2 is 2.14 bits per heavy atom. The summed E-state index contributed by atoms with van der Waals surface area (Å²) < 4.78 is 5.75. The van der Waals surface area contributed by atoms with Crippen molar-refractivity contribution < 1.29 is 4.74 Å². The molecular weight excluding hydrogens is 174 g/mol. The molecule has 0 aromatic rings. The smallest absolute Gasteiger partial charge is 0.0590 e. The van der Waals surface area contributed by atoms with Gasteiger partial charge >= 0.3 is 0 Å². The highest BCUT2D eigenvalue weighted by molar-refractivity contribution is 4.78. The molecule has 0 saturated heterocycles. The topological polar surface area (TPSA) is 35.2 Å². The Labute approximate surface area is 87.5 Å². The maximum atomic E-state index is 5.80. The lowest BCUT2D eigenvalue weighted by Gasteiger charge is -2.10. The van der Waals surface area contributed by atoms with Crippen LogP contribution in [0.3, 0.4) is 0 Å². The van der Waals surface area contributed by atoms with Gasteiger partial charge in [0.15, 0.2) is 0 Å². The maximum Gasteiger partial charge on any atom is 0.0590 e. The summed E-state index contributed by atoms with van der Waals surface area (Å²) in [5.41, 5.74) is 5.80. The van der Waals surface area contributed by atoms with Gasteiger partial charge in [0.05, 0.1) is 6.10 Å². The number of ether oxygens (including phenoxy) is 1. The lowest BCUT2D eigenvalue weighted by atomic mass is 10.2. The highest BCUT2D eigenvalue weighted by Gasteiger charge is 2.21. The van der Waals surface area contributed by atoms with Gasteiger partial charge in [-0.3, -0.25) is 0 Å². The molecule has 0 aromatic carbocycles. The van der Waals surface area contributed by atoms with E-state index in [1.165, 1.54) is 19.3 Å². The molecule has 1 rings (SSSR count). The molecule has 0 aromatic heterocycles. The van der Waals surface area contributed by atoms with Crippen LogP contribution in [0.5, 0.6) is 0 Å². The molecule has 0 spiro atoms. The number of rotatable bonds is 7. The van der Waals surface area contributed by atoms with E-state index in [9.17, 15) is 0 Å². The van der Waals surface area contributed by atoms with Gasteiger partial charge in [0, 0.05) is 12.6 Å². The van der Waals surface area contributed by atoms with Gasteiger partial charge in [-0.25, -0.2) is 0 Å². The molecule has 2 N–H and O–H groups in total. The summed E-state index contributed by atoms with van der Waals surface area (Å²) in [5.74, 6) is 0. The van der Waals surface area contributed by atoms with E-state index in [1.54, 1.807) is 0 Å². The van der Waals surface area contributed by atoms with E-state index in [0.717, 1.165) is 32.3 Å². The fourth-order valence-electron chi connectivity index (χ4n) is 1.94. The van der Waals surface area contributed by atoms with Crippen LogP contribution in [0.25, 0.3) is 0 Å². The Morgan fingerprint density at radius 1 is 1.29 bits per heavy atom. The van der Waals surface area contributed by atoms with Gasteiger partial charge < -0.3 is 10.5 Å². The van der Waals surface area contributed by atoms with Crippen LogP contribution < -0.4 is 5.73 Å². The quantitative estimate of drug-likeness (QED) is 0.503. The molecule has 2 heteroatoms. The SMILES string of the molecule is C=CCCCCCOC1CCC(N)C1. The Bertz CT molecular complexity index is 158. The monoisotopic (exact) mass is 197 g/mol. The van der Waals surface area contributed by atoms with Crippen molar-refractivity contribution in [2.45, 2.75) is 57.1 Å². The zero-order chi connectivity index (χ0) is 10.2. The summed E-state index contributed by atoms with van der Waals surface area (Å²) in [6.45, 7) is 4.62. The molecule has 0 heterocycles. The Hall–Kier alpha value is -0.340. The lowest BCUT2D eigenvalue weighted by Crippen LogP contribution is -2.17. The molecule has 2 atom stereocenters. The molecule has 0 aliphatic heterocycles. The minimum absolute atomic E-state index is 0.390. The second kappa shape index (κ2) is 7.02. The van der Waals surface area contributed by atoms with E-state index in [-0.39, 0.29) is 0 Å². The standard InChI is InChI=1S/C12H23NO/c1-2-3-4-5-6-9-14-12-8-7-11(13)10-12/h2,11-12H,1,3-10,13H2. The van der Waals surface area contributed by atoms with Crippen LogP contribution in [0.15, 0.2) is 12.7 Å². The highest BCUT2D eigenvalue weighted by Crippen LogP contribution is 2.20. The van der Waals surface area contributed by atoms with E-state index in [0.29, 0.717) is 12.1 Å². The molecule has 0 amide bonds. The van der Waals surface area contributed by atoms with Crippen molar-refractivity contribution in [2.24, 2.45) is 5.73 Å². The zero-order valence-corrected chi connectivity index (χ0v) is 9.08. The molecule has 2 unspecified atom stereocenters. The first-order valence-electron chi connectivity index (χ1n) is 5.81.